The molecule has 0 heterocycles. The number of carbonyl (C=O) groups is 2. The number of benzene rings is 2. The van der Waals surface area contributed by atoms with Crippen LogP contribution in [0.25, 0.3) is 0 Å². The van der Waals surface area contributed by atoms with Crippen LogP contribution in [0.1, 0.15) is 22.8 Å². The molecule has 0 fully saturated rings. The first kappa shape index (κ1) is 16.5. The van der Waals surface area contributed by atoms with Crippen molar-refractivity contribution in [2.75, 3.05) is 0 Å². The normalized spacial score (nSPS) is 11.0. The molecule has 0 amide bonds. The third-order valence-electron chi connectivity index (χ3n) is 2.74. The Kier molecular flexibility index (Phi) is 4.68. The molecule has 0 aliphatic heterocycles. The summed E-state index contributed by atoms with van der Waals surface area (Å²) in [5.41, 5.74) is -0.663. The van der Waals surface area contributed by atoms with Gasteiger partial charge in [0.25, 0.3) is 0 Å². The molecule has 0 saturated heterocycles. The number of alkyl halides is 3. The summed E-state index contributed by atoms with van der Waals surface area (Å²) in [6.45, 7) is 1.24. The van der Waals surface area contributed by atoms with E-state index in [9.17, 15) is 22.8 Å². The van der Waals surface area contributed by atoms with Gasteiger partial charge in [-0.25, -0.2) is 4.79 Å². The summed E-state index contributed by atoms with van der Waals surface area (Å²) in [5.74, 6) is -0.972. The van der Waals surface area contributed by atoms with E-state index >= 15 is 0 Å². The van der Waals surface area contributed by atoms with Crippen molar-refractivity contribution in [3.05, 3.63) is 59.7 Å². The van der Waals surface area contributed by atoms with E-state index in [2.05, 4.69) is 0 Å². The maximum absolute atomic E-state index is 12.4. The second-order valence-corrected chi connectivity index (χ2v) is 4.53. The average Bonchev–Trinajstić information content (AvgIpc) is 2.47. The summed E-state index contributed by atoms with van der Waals surface area (Å²) in [6.07, 6.45) is -4.45. The Balaban J connectivity index is 2.05. The fraction of sp³-hybridized carbons (Fsp3) is 0.125. The fourth-order valence-electron chi connectivity index (χ4n) is 1.70. The molecule has 0 saturated carbocycles. The van der Waals surface area contributed by atoms with Gasteiger partial charge in [0.05, 0.1) is 11.1 Å². The largest absolute Gasteiger partial charge is 0.427 e. The highest BCUT2D eigenvalue weighted by Crippen LogP contribution is 2.30. The monoisotopic (exact) mass is 324 g/mol. The standard InChI is InChI=1S/C16H11F3O4/c1-10(20)22-13-6-2-11(3-7-13)15(21)23-14-8-4-12(5-9-14)16(17,18)19/h2-9H,1H3. The second-order valence-electron chi connectivity index (χ2n) is 4.53. The molecular weight excluding hydrogens is 313 g/mol. The van der Waals surface area contributed by atoms with Gasteiger partial charge in [0.15, 0.2) is 0 Å². The maximum Gasteiger partial charge on any atom is 0.416 e. The highest BCUT2D eigenvalue weighted by Gasteiger charge is 2.30. The quantitative estimate of drug-likeness (QED) is 0.636. The summed E-state index contributed by atoms with van der Waals surface area (Å²) in [5, 5.41) is 0. The van der Waals surface area contributed by atoms with Crippen LogP contribution in [0.4, 0.5) is 13.2 Å². The zero-order valence-electron chi connectivity index (χ0n) is 11.9. The first-order valence-corrected chi connectivity index (χ1v) is 6.43. The van der Waals surface area contributed by atoms with E-state index in [1.54, 1.807) is 0 Å². The molecule has 7 heteroatoms. The average molecular weight is 324 g/mol. The van der Waals surface area contributed by atoms with Crippen molar-refractivity contribution in [1.82, 2.24) is 0 Å². The minimum atomic E-state index is -4.45. The number of carbonyl (C=O) groups excluding carboxylic acids is 2. The van der Waals surface area contributed by atoms with Gasteiger partial charge in [-0.2, -0.15) is 13.2 Å². The first-order valence-electron chi connectivity index (χ1n) is 6.43. The van der Waals surface area contributed by atoms with E-state index in [4.69, 9.17) is 9.47 Å². The van der Waals surface area contributed by atoms with Crippen LogP contribution < -0.4 is 9.47 Å². The SMILES string of the molecule is CC(=O)Oc1ccc(C(=O)Oc2ccc(C(F)(F)F)cc2)cc1. The molecular formula is C16H11F3O4. The number of hydrogen-bond acceptors (Lipinski definition) is 4. The predicted molar refractivity (Wildman–Crippen MR) is 74.2 cm³/mol. The Morgan fingerprint density at radius 2 is 1.30 bits per heavy atom. The number of esters is 2. The molecule has 0 aliphatic rings. The van der Waals surface area contributed by atoms with Crippen molar-refractivity contribution < 1.29 is 32.2 Å². The second kappa shape index (κ2) is 6.51. The van der Waals surface area contributed by atoms with Gasteiger partial charge in [-0.3, -0.25) is 4.79 Å². The van der Waals surface area contributed by atoms with Gasteiger partial charge in [-0.05, 0) is 48.5 Å². The number of halogens is 3. The van der Waals surface area contributed by atoms with Crippen LogP contribution in [0.15, 0.2) is 48.5 Å². The maximum atomic E-state index is 12.4. The molecule has 0 radical (unpaired) electrons. The Morgan fingerprint density at radius 3 is 1.78 bits per heavy atom. The molecule has 0 bridgehead atoms. The molecule has 2 aromatic rings. The third kappa shape index (κ3) is 4.57. The minimum Gasteiger partial charge on any atom is -0.427 e. The summed E-state index contributed by atoms with van der Waals surface area (Å²) < 4.78 is 47.1. The molecule has 2 aromatic carbocycles. The lowest BCUT2D eigenvalue weighted by molar-refractivity contribution is -0.137. The van der Waals surface area contributed by atoms with Crippen LogP contribution >= 0.6 is 0 Å². The molecule has 4 nitrogen and oxygen atoms in total. The van der Waals surface area contributed by atoms with Gasteiger partial charge in [0, 0.05) is 6.92 Å². The topological polar surface area (TPSA) is 52.6 Å². The molecule has 0 spiro atoms. The van der Waals surface area contributed by atoms with Crippen LogP contribution in [0.5, 0.6) is 11.5 Å². The van der Waals surface area contributed by atoms with E-state index in [1.807, 2.05) is 0 Å². The van der Waals surface area contributed by atoms with Crippen LogP contribution in [-0.4, -0.2) is 11.9 Å². The number of hydrogen-bond donors (Lipinski definition) is 0. The molecule has 0 N–H and O–H groups in total. The van der Waals surface area contributed by atoms with E-state index in [-0.39, 0.29) is 17.1 Å². The predicted octanol–water partition coefficient (Wildman–Crippen LogP) is 3.85. The Bertz CT molecular complexity index is 704. The summed E-state index contributed by atoms with van der Waals surface area (Å²) in [6, 6.07) is 9.35. The van der Waals surface area contributed by atoms with E-state index < -0.39 is 23.7 Å². The van der Waals surface area contributed by atoms with Crippen molar-refractivity contribution >= 4 is 11.9 Å². The zero-order chi connectivity index (χ0) is 17.0. The van der Waals surface area contributed by atoms with Crippen molar-refractivity contribution in [2.24, 2.45) is 0 Å². The molecule has 120 valence electrons. The summed E-state index contributed by atoms with van der Waals surface area (Å²) in [7, 11) is 0. The van der Waals surface area contributed by atoms with Crippen LogP contribution in [0.3, 0.4) is 0 Å². The van der Waals surface area contributed by atoms with E-state index in [1.165, 1.54) is 31.2 Å². The highest BCUT2D eigenvalue weighted by molar-refractivity contribution is 5.91. The lowest BCUT2D eigenvalue weighted by atomic mass is 10.2. The summed E-state index contributed by atoms with van der Waals surface area (Å²) >= 11 is 0. The van der Waals surface area contributed by atoms with Crippen molar-refractivity contribution in [2.45, 2.75) is 13.1 Å². The zero-order valence-corrected chi connectivity index (χ0v) is 11.9. The molecule has 0 aliphatic carbocycles. The molecule has 0 aromatic heterocycles. The molecule has 2 rings (SSSR count). The number of ether oxygens (including phenoxy) is 2. The Morgan fingerprint density at radius 1 is 0.826 bits per heavy atom. The molecule has 0 atom stereocenters. The first-order chi connectivity index (χ1) is 10.8. The van der Waals surface area contributed by atoms with Crippen LogP contribution in [0.2, 0.25) is 0 Å². The van der Waals surface area contributed by atoms with Crippen LogP contribution in [-0.2, 0) is 11.0 Å². The van der Waals surface area contributed by atoms with E-state index in [0.29, 0.717) is 0 Å². The Labute approximate surface area is 129 Å². The van der Waals surface area contributed by atoms with Gasteiger partial charge in [-0.15, -0.1) is 0 Å². The molecule has 0 unspecified atom stereocenters. The number of rotatable bonds is 3. The summed E-state index contributed by atoms with van der Waals surface area (Å²) in [4.78, 5) is 22.7. The van der Waals surface area contributed by atoms with E-state index in [0.717, 1.165) is 24.3 Å². The lowest BCUT2D eigenvalue weighted by Gasteiger charge is -2.08. The van der Waals surface area contributed by atoms with Crippen LogP contribution in [0, 0.1) is 0 Å². The molecule has 23 heavy (non-hydrogen) atoms. The van der Waals surface area contributed by atoms with Gasteiger partial charge < -0.3 is 9.47 Å². The fourth-order valence-corrected chi connectivity index (χ4v) is 1.70. The van der Waals surface area contributed by atoms with Gasteiger partial charge in [0.2, 0.25) is 0 Å². The van der Waals surface area contributed by atoms with Crippen molar-refractivity contribution in [3.8, 4) is 11.5 Å². The highest BCUT2D eigenvalue weighted by atomic mass is 19.4. The third-order valence-corrected chi connectivity index (χ3v) is 2.74. The smallest absolute Gasteiger partial charge is 0.416 e. The van der Waals surface area contributed by atoms with Gasteiger partial charge >= 0.3 is 18.1 Å². The van der Waals surface area contributed by atoms with Crippen molar-refractivity contribution in [1.29, 1.82) is 0 Å². The lowest BCUT2D eigenvalue weighted by Crippen LogP contribution is -2.09. The van der Waals surface area contributed by atoms with Gasteiger partial charge in [-0.1, -0.05) is 0 Å². The van der Waals surface area contributed by atoms with Gasteiger partial charge in [0.1, 0.15) is 11.5 Å². The minimum absolute atomic E-state index is 0.00735. The Hall–Kier alpha value is -2.83. The van der Waals surface area contributed by atoms with Crippen molar-refractivity contribution in [3.63, 3.8) is 0 Å².